The van der Waals surface area contributed by atoms with Crippen molar-refractivity contribution in [1.82, 2.24) is 10.1 Å². The zero-order chi connectivity index (χ0) is 18.4. The van der Waals surface area contributed by atoms with Gasteiger partial charge in [-0.15, -0.1) is 0 Å². The van der Waals surface area contributed by atoms with E-state index in [0.717, 1.165) is 5.69 Å². The number of benzene rings is 2. The van der Waals surface area contributed by atoms with Crippen molar-refractivity contribution in [3.8, 4) is 22.9 Å². The number of ether oxygens (including phenoxy) is 2. The topological polar surface area (TPSA) is 77.7 Å². The predicted molar refractivity (Wildman–Crippen MR) is 92.0 cm³/mol. The fourth-order valence-corrected chi connectivity index (χ4v) is 3.33. The minimum atomic E-state index is -0.422. The third kappa shape index (κ3) is 2.69. The van der Waals surface area contributed by atoms with Crippen molar-refractivity contribution in [2.75, 3.05) is 18.2 Å². The zero-order valence-corrected chi connectivity index (χ0v) is 14.1. The molecule has 0 bridgehead atoms. The highest BCUT2D eigenvalue weighted by molar-refractivity contribution is 5.96. The van der Waals surface area contributed by atoms with E-state index in [4.69, 9.17) is 14.0 Å². The number of aromatic nitrogens is 2. The molecule has 8 heteroatoms. The smallest absolute Gasteiger partial charge is 0.232 e. The van der Waals surface area contributed by atoms with Crippen LogP contribution in [0.2, 0.25) is 0 Å². The lowest BCUT2D eigenvalue weighted by Gasteiger charge is -2.16. The molecule has 0 radical (unpaired) electrons. The molecule has 27 heavy (non-hydrogen) atoms. The van der Waals surface area contributed by atoms with Gasteiger partial charge in [-0.1, -0.05) is 17.3 Å². The van der Waals surface area contributed by atoms with Crippen molar-refractivity contribution in [3.63, 3.8) is 0 Å². The number of nitrogens with zero attached hydrogens (tertiary/aromatic N) is 3. The molecule has 5 rings (SSSR count). The van der Waals surface area contributed by atoms with E-state index in [2.05, 4.69) is 10.1 Å². The Hall–Kier alpha value is -3.42. The maximum absolute atomic E-state index is 13.9. The number of anilines is 1. The standard InChI is InChI=1S/C19H14FN3O4/c20-14-4-2-1-3-13(14)18-21-19(27-22-18)11-7-17(24)23(9-11)12-5-6-15-16(8-12)26-10-25-15/h1-6,8,11H,7,9-10H2/t11-/m0/s1. The average Bonchev–Trinajstić information content (AvgIpc) is 3.40. The van der Waals surface area contributed by atoms with Gasteiger partial charge in [0.15, 0.2) is 11.5 Å². The first-order chi connectivity index (χ1) is 13.2. The number of hydrogen-bond acceptors (Lipinski definition) is 6. The molecular formula is C19H14FN3O4. The Kier molecular flexibility index (Phi) is 3.56. The van der Waals surface area contributed by atoms with Crippen molar-refractivity contribution in [2.24, 2.45) is 0 Å². The molecule has 0 aliphatic carbocycles. The van der Waals surface area contributed by atoms with Crippen LogP contribution in [0, 0.1) is 5.82 Å². The van der Waals surface area contributed by atoms with Crippen LogP contribution in [-0.4, -0.2) is 29.4 Å². The Morgan fingerprint density at radius 2 is 1.96 bits per heavy atom. The third-order valence-corrected chi connectivity index (χ3v) is 4.70. The van der Waals surface area contributed by atoms with Crippen LogP contribution in [0.3, 0.4) is 0 Å². The van der Waals surface area contributed by atoms with E-state index in [0.29, 0.717) is 23.9 Å². The molecule has 2 aliphatic rings. The SMILES string of the molecule is O=C1C[C@H](c2nc(-c3ccccc3F)no2)CN1c1ccc2c(c1)OCO2. The summed E-state index contributed by atoms with van der Waals surface area (Å²) in [6, 6.07) is 11.6. The predicted octanol–water partition coefficient (Wildman–Crippen LogP) is 3.12. The molecule has 2 aromatic carbocycles. The molecule has 0 saturated carbocycles. The Morgan fingerprint density at radius 1 is 1.11 bits per heavy atom. The minimum absolute atomic E-state index is 0.0514. The first kappa shape index (κ1) is 15.8. The number of halogens is 1. The van der Waals surface area contributed by atoms with E-state index in [1.165, 1.54) is 6.07 Å². The molecule has 0 spiro atoms. The number of fused-ring (bicyclic) bond motifs is 1. The van der Waals surface area contributed by atoms with Gasteiger partial charge in [0.05, 0.1) is 11.5 Å². The molecule has 0 unspecified atom stereocenters. The van der Waals surface area contributed by atoms with Crippen molar-refractivity contribution >= 4 is 11.6 Å². The molecule has 3 heterocycles. The van der Waals surface area contributed by atoms with Gasteiger partial charge in [-0.2, -0.15) is 4.98 Å². The highest BCUT2D eigenvalue weighted by atomic mass is 19.1. The molecule has 0 N–H and O–H groups in total. The summed E-state index contributed by atoms with van der Waals surface area (Å²) < 4.78 is 29.9. The summed E-state index contributed by atoms with van der Waals surface area (Å²) in [6.07, 6.45) is 0.243. The fourth-order valence-electron chi connectivity index (χ4n) is 3.33. The first-order valence-corrected chi connectivity index (χ1v) is 8.47. The maximum Gasteiger partial charge on any atom is 0.232 e. The van der Waals surface area contributed by atoms with E-state index in [-0.39, 0.29) is 36.4 Å². The molecule has 3 aromatic rings. The van der Waals surface area contributed by atoms with Gasteiger partial charge in [-0.05, 0) is 24.3 Å². The van der Waals surface area contributed by atoms with Crippen LogP contribution in [0.15, 0.2) is 47.0 Å². The fraction of sp³-hybridized carbons (Fsp3) is 0.211. The summed E-state index contributed by atoms with van der Waals surface area (Å²) in [6.45, 7) is 0.577. The minimum Gasteiger partial charge on any atom is -0.454 e. The summed E-state index contributed by atoms with van der Waals surface area (Å²) >= 11 is 0. The van der Waals surface area contributed by atoms with Crippen LogP contribution in [0.5, 0.6) is 11.5 Å². The lowest BCUT2D eigenvalue weighted by Crippen LogP contribution is -2.24. The van der Waals surface area contributed by atoms with E-state index in [9.17, 15) is 9.18 Å². The molecular weight excluding hydrogens is 353 g/mol. The highest BCUT2D eigenvalue weighted by Gasteiger charge is 2.36. The third-order valence-electron chi connectivity index (χ3n) is 4.70. The monoisotopic (exact) mass is 367 g/mol. The summed E-state index contributed by atoms with van der Waals surface area (Å²) in [5.74, 6) is 1.05. The summed E-state index contributed by atoms with van der Waals surface area (Å²) in [7, 11) is 0. The number of rotatable bonds is 3. The summed E-state index contributed by atoms with van der Waals surface area (Å²) in [4.78, 5) is 18.4. The van der Waals surface area contributed by atoms with Gasteiger partial charge in [-0.3, -0.25) is 4.79 Å². The van der Waals surface area contributed by atoms with Crippen LogP contribution < -0.4 is 14.4 Å². The van der Waals surface area contributed by atoms with E-state index in [1.54, 1.807) is 35.2 Å². The van der Waals surface area contributed by atoms with Crippen LogP contribution >= 0.6 is 0 Å². The first-order valence-electron chi connectivity index (χ1n) is 8.47. The second-order valence-corrected chi connectivity index (χ2v) is 6.38. The molecule has 1 saturated heterocycles. The largest absolute Gasteiger partial charge is 0.454 e. The summed E-state index contributed by atoms with van der Waals surface area (Å²) in [5, 5.41) is 3.87. The van der Waals surface area contributed by atoms with Gasteiger partial charge >= 0.3 is 0 Å². The van der Waals surface area contributed by atoms with Gasteiger partial charge in [0.2, 0.25) is 24.4 Å². The van der Waals surface area contributed by atoms with Crippen molar-refractivity contribution in [3.05, 3.63) is 54.2 Å². The number of hydrogen-bond donors (Lipinski definition) is 0. The van der Waals surface area contributed by atoms with Crippen LogP contribution in [0.1, 0.15) is 18.2 Å². The van der Waals surface area contributed by atoms with Crippen LogP contribution in [0.25, 0.3) is 11.4 Å². The van der Waals surface area contributed by atoms with E-state index < -0.39 is 5.82 Å². The number of carbonyl (C=O) groups is 1. The molecule has 1 fully saturated rings. The normalized spacial score (nSPS) is 18.3. The second kappa shape index (κ2) is 6.08. The maximum atomic E-state index is 13.9. The van der Waals surface area contributed by atoms with Gasteiger partial charge in [0, 0.05) is 24.7 Å². The highest BCUT2D eigenvalue weighted by Crippen LogP contribution is 2.38. The quantitative estimate of drug-likeness (QED) is 0.708. The summed E-state index contributed by atoms with van der Waals surface area (Å²) in [5.41, 5.74) is 0.991. The molecule has 1 atom stereocenters. The van der Waals surface area contributed by atoms with Crippen molar-refractivity contribution in [1.29, 1.82) is 0 Å². The van der Waals surface area contributed by atoms with Crippen LogP contribution in [-0.2, 0) is 4.79 Å². The molecule has 2 aliphatic heterocycles. The van der Waals surface area contributed by atoms with Crippen molar-refractivity contribution < 1.29 is 23.2 Å². The Labute approximate surface area is 153 Å². The van der Waals surface area contributed by atoms with E-state index in [1.807, 2.05) is 6.07 Å². The average molecular weight is 367 g/mol. The second-order valence-electron chi connectivity index (χ2n) is 6.38. The number of amides is 1. The van der Waals surface area contributed by atoms with Gasteiger partial charge in [-0.25, -0.2) is 4.39 Å². The zero-order valence-electron chi connectivity index (χ0n) is 14.1. The lowest BCUT2D eigenvalue weighted by atomic mass is 10.1. The molecule has 1 amide bonds. The van der Waals surface area contributed by atoms with Crippen molar-refractivity contribution in [2.45, 2.75) is 12.3 Å². The van der Waals surface area contributed by atoms with Crippen LogP contribution in [0.4, 0.5) is 10.1 Å². The van der Waals surface area contributed by atoms with Gasteiger partial charge in [0.25, 0.3) is 0 Å². The van der Waals surface area contributed by atoms with Gasteiger partial charge in [0.1, 0.15) is 5.82 Å². The van der Waals surface area contributed by atoms with E-state index >= 15 is 0 Å². The Bertz CT molecular complexity index is 1040. The van der Waals surface area contributed by atoms with Gasteiger partial charge < -0.3 is 18.9 Å². The Morgan fingerprint density at radius 3 is 2.85 bits per heavy atom. The molecule has 7 nitrogen and oxygen atoms in total. The lowest BCUT2D eigenvalue weighted by molar-refractivity contribution is -0.117. The Balaban J connectivity index is 1.39. The molecule has 1 aromatic heterocycles. The number of carbonyl (C=O) groups excluding carboxylic acids is 1. The molecule has 136 valence electrons.